The van der Waals surface area contributed by atoms with Gasteiger partial charge in [0.1, 0.15) is 5.82 Å². The van der Waals surface area contributed by atoms with Crippen molar-refractivity contribution in [2.45, 2.75) is 25.8 Å². The van der Waals surface area contributed by atoms with Crippen LogP contribution in [0.3, 0.4) is 0 Å². The van der Waals surface area contributed by atoms with Crippen LogP contribution in [-0.4, -0.2) is 44.9 Å². The molecule has 2 rings (SSSR count). The van der Waals surface area contributed by atoms with E-state index < -0.39 is 0 Å². The molecule has 0 bridgehead atoms. The minimum atomic E-state index is 0.273. The van der Waals surface area contributed by atoms with Crippen LogP contribution in [0.2, 0.25) is 0 Å². The van der Waals surface area contributed by atoms with Crippen LogP contribution in [-0.2, 0) is 6.42 Å². The summed E-state index contributed by atoms with van der Waals surface area (Å²) in [6.07, 6.45) is 1.89. The van der Waals surface area contributed by atoms with Gasteiger partial charge in [0.25, 0.3) is 0 Å². The Labute approximate surface area is 106 Å². The molecule has 1 aromatic heterocycles. The summed E-state index contributed by atoms with van der Waals surface area (Å²) in [5.74, 6) is 4.21. The highest BCUT2D eigenvalue weighted by Crippen LogP contribution is 2.26. The molecule has 1 aliphatic rings. The minimum absolute atomic E-state index is 0.273. The maximum absolute atomic E-state index is 5.75. The van der Waals surface area contributed by atoms with Gasteiger partial charge in [0, 0.05) is 24.5 Å². The third-order valence-corrected chi connectivity index (χ3v) is 3.91. The van der Waals surface area contributed by atoms with Crippen molar-refractivity contribution in [3.05, 3.63) is 11.6 Å². The zero-order valence-corrected chi connectivity index (χ0v) is 11.2. The number of rotatable bonds is 3. The summed E-state index contributed by atoms with van der Waals surface area (Å²) in [7, 11) is 2.11. The molecule has 6 heteroatoms. The van der Waals surface area contributed by atoms with Crippen LogP contribution >= 0.6 is 11.8 Å². The Morgan fingerprint density at radius 1 is 1.41 bits per heavy atom. The highest BCUT2D eigenvalue weighted by atomic mass is 32.2. The largest absolute Gasteiger partial charge is 0.368 e. The van der Waals surface area contributed by atoms with Crippen molar-refractivity contribution in [3.63, 3.8) is 0 Å². The molecular weight excluding hydrogens is 234 g/mol. The van der Waals surface area contributed by atoms with Gasteiger partial charge >= 0.3 is 0 Å². The summed E-state index contributed by atoms with van der Waals surface area (Å²) in [6, 6.07) is 0.273. The zero-order valence-electron chi connectivity index (χ0n) is 10.4. The van der Waals surface area contributed by atoms with E-state index in [1.165, 1.54) is 5.75 Å². The Kier molecular flexibility index (Phi) is 4.17. The molecule has 0 radical (unpaired) electrons. The average molecular weight is 253 g/mol. The summed E-state index contributed by atoms with van der Waals surface area (Å²) in [5.41, 5.74) is 5.75. The summed E-state index contributed by atoms with van der Waals surface area (Å²) in [6.45, 7) is 3.19. The fraction of sp³-hybridized carbons (Fsp3) is 0.727. The SMILES string of the molecule is CCCc1nc(N)nc(C2CSCCN2C)n1. The number of aryl methyl sites for hydroxylation is 1. The van der Waals surface area contributed by atoms with E-state index >= 15 is 0 Å². The second kappa shape index (κ2) is 5.64. The molecule has 0 amide bonds. The van der Waals surface area contributed by atoms with E-state index in [2.05, 4.69) is 33.8 Å². The van der Waals surface area contributed by atoms with Gasteiger partial charge in [0.2, 0.25) is 5.95 Å². The lowest BCUT2D eigenvalue weighted by atomic mass is 10.2. The van der Waals surface area contributed by atoms with Gasteiger partial charge in [-0.25, -0.2) is 4.98 Å². The second-order valence-corrected chi connectivity index (χ2v) is 5.44. The first kappa shape index (κ1) is 12.6. The normalized spacial score (nSPS) is 21.6. The van der Waals surface area contributed by atoms with Gasteiger partial charge in [0.05, 0.1) is 6.04 Å². The highest BCUT2D eigenvalue weighted by Gasteiger charge is 2.24. The monoisotopic (exact) mass is 253 g/mol. The predicted molar refractivity (Wildman–Crippen MR) is 70.9 cm³/mol. The molecule has 0 spiro atoms. The summed E-state index contributed by atoms with van der Waals surface area (Å²) in [4.78, 5) is 15.3. The van der Waals surface area contributed by atoms with E-state index in [1.54, 1.807) is 0 Å². The Bertz CT molecular complexity index is 384. The maximum atomic E-state index is 5.75. The fourth-order valence-electron chi connectivity index (χ4n) is 1.90. The highest BCUT2D eigenvalue weighted by molar-refractivity contribution is 7.99. The molecule has 1 aliphatic heterocycles. The van der Waals surface area contributed by atoms with Crippen molar-refractivity contribution >= 4 is 17.7 Å². The average Bonchev–Trinajstić information content (AvgIpc) is 2.29. The number of hydrogen-bond acceptors (Lipinski definition) is 6. The quantitative estimate of drug-likeness (QED) is 0.871. The molecule has 0 aromatic carbocycles. The van der Waals surface area contributed by atoms with Gasteiger partial charge in [-0.2, -0.15) is 21.7 Å². The lowest BCUT2D eigenvalue weighted by Gasteiger charge is -2.30. The van der Waals surface area contributed by atoms with Gasteiger partial charge in [0.15, 0.2) is 5.82 Å². The number of aromatic nitrogens is 3. The molecule has 1 unspecified atom stereocenters. The summed E-state index contributed by atoms with van der Waals surface area (Å²) < 4.78 is 0. The number of thioether (sulfide) groups is 1. The molecule has 5 nitrogen and oxygen atoms in total. The van der Waals surface area contributed by atoms with Crippen molar-refractivity contribution in [2.24, 2.45) is 0 Å². The maximum Gasteiger partial charge on any atom is 0.223 e. The van der Waals surface area contributed by atoms with Crippen molar-refractivity contribution < 1.29 is 0 Å². The van der Waals surface area contributed by atoms with Crippen LogP contribution in [0.25, 0.3) is 0 Å². The van der Waals surface area contributed by atoms with Crippen LogP contribution < -0.4 is 5.73 Å². The van der Waals surface area contributed by atoms with Gasteiger partial charge in [-0.3, -0.25) is 4.90 Å². The molecule has 1 atom stereocenters. The van der Waals surface area contributed by atoms with E-state index in [0.717, 1.165) is 36.8 Å². The number of nitrogens with zero attached hydrogens (tertiary/aromatic N) is 4. The molecule has 2 N–H and O–H groups in total. The molecule has 0 saturated carbocycles. The van der Waals surface area contributed by atoms with Gasteiger partial charge < -0.3 is 5.73 Å². The first-order chi connectivity index (χ1) is 8.20. The Balaban J connectivity index is 2.24. The topological polar surface area (TPSA) is 67.9 Å². The molecule has 17 heavy (non-hydrogen) atoms. The predicted octanol–water partition coefficient (Wildman–Crippen LogP) is 1.13. The molecule has 1 saturated heterocycles. The fourth-order valence-corrected chi connectivity index (χ4v) is 3.11. The van der Waals surface area contributed by atoms with Crippen molar-refractivity contribution in [3.8, 4) is 0 Å². The van der Waals surface area contributed by atoms with Crippen LogP contribution in [0.15, 0.2) is 0 Å². The van der Waals surface area contributed by atoms with E-state index in [-0.39, 0.29) is 6.04 Å². The first-order valence-electron chi connectivity index (χ1n) is 5.99. The van der Waals surface area contributed by atoms with Crippen molar-refractivity contribution in [2.75, 3.05) is 30.8 Å². The Morgan fingerprint density at radius 3 is 2.94 bits per heavy atom. The Morgan fingerprint density at radius 2 is 2.24 bits per heavy atom. The van der Waals surface area contributed by atoms with Gasteiger partial charge in [-0.1, -0.05) is 6.92 Å². The summed E-state index contributed by atoms with van der Waals surface area (Å²) >= 11 is 1.94. The lowest BCUT2D eigenvalue weighted by Crippen LogP contribution is -2.34. The lowest BCUT2D eigenvalue weighted by molar-refractivity contribution is 0.264. The number of anilines is 1. The molecule has 2 heterocycles. The second-order valence-electron chi connectivity index (χ2n) is 4.29. The standard InChI is InChI=1S/C11H19N5S/c1-3-4-9-13-10(15-11(12)14-9)8-7-17-6-5-16(8)2/h8H,3-7H2,1-2H3,(H2,12,13,14,15). The van der Waals surface area contributed by atoms with Crippen molar-refractivity contribution in [1.82, 2.24) is 19.9 Å². The third-order valence-electron chi connectivity index (χ3n) is 2.88. The smallest absolute Gasteiger partial charge is 0.223 e. The van der Waals surface area contributed by atoms with E-state index in [0.29, 0.717) is 5.95 Å². The van der Waals surface area contributed by atoms with Gasteiger partial charge in [-0.05, 0) is 13.5 Å². The minimum Gasteiger partial charge on any atom is -0.368 e. The molecule has 0 aliphatic carbocycles. The first-order valence-corrected chi connectivity index (χ1v) is 7.14. The van der Waals surface area contributed by atoms with E-state index in [9.17, 15) is 0 Å². The van der Waals surface area contributed by atoms with Gasteiger partial charge in [-0.15, -0.1) is 0 Å². The van der Waals surface area contributed by atoms with E-state index in [4.69, 9.17) is 5.73 Å². The molecule has 1 aromatic rings. The van der Waals surface area contributed by atoms with E-state index in [1.807, 2.05) is 11.8 Å². The van der Waals surface area contributed by atoms with Crippen LogP contribution in [0.4, 0.5) is 5.95 Å². The molecular formula is C11H19N5S. The number of nitrogens with two attached hydrogens (primary N) is 1. The zero-order chi connectivity index (χ0) is 12.3. The number of nitrogen functional groups attached to an aromatic ring is 1. The van der Waals surface area contributed by atoms with Crippen LogP contribution in [0.5, 0.6) is 0 Å². The summed E-state index contributed by atoms with van der Waals surface area (Å²) in [5, 5.41) is 0. The third kappa shape index (κ3) is 3.07. The van der Waals surface area contributed by atoms with Crippen molar-refractivity contribution in [1.29, 1.82) is 0 Å². The van der Waals surface area contributed by atoms with Crippen LogP contribution in [0.1, 0.15) is 31.0 Å². The Hall–Kier alpha value is -0.880. The molecule has 94 valence electrons. The van der Waals surface area contributed by atoms with Crippen LogP contribution in [0, 0.1) is 0 Å². The number of hydrogen-bond donors (Lipinski definition) is 1. The molecule has 1 fully saturated rings.